The van der Waals surface area contributed by atoms with Gasteiger partial charge in [0.25, 0.3) is 0 Å². The molecule has 2 N–H and O–H groups in total. The molecular formula is C24H31NO6. The standard InChI is InChI=1S/C23H27NO5.CH4O/c1-27-20-12-18(13-21(14-20)28-2)23(24-22(26)10-11-25)17-6-8-19(9-7-17)29-15-16-4-3-5-16;1-2/h6-9,11-14,16,23H,3-5,10,15H2,1-2H3,(H,24,26);2H,1H3. The lowest BCUT2D eigenvalue weighted by Gasteiger charge is -2.25. The van der Waals surface area contributed by atoms with Crippen molar-refractivity contribution in [3.05, 3.63) is 53.6 Å². The molecule has 1 atom stereocenters. The van der Waals surface area contributed by atoms with Crippen molar-refractivity contribution in [2.24, 2.45) is 5.92 Å². The van der Waals surface area contributed by atoms with Crippen LogP contribution < -0.4 is 19.5 Å². The monoisotopic (exact) mass is 429 g/mol. The summed E-state index contributed by atoms with van der Waals surface area (Å²) in [7, 11) is 4.15. The van der Waals surface area contributed by atoms with Crippen LogP contribution in [0.5, 0.6) is 17.2 Å². The van der Waals surface area contributed by atoms with E-state index in [-0.39, 0.29) is 12.3 Å². The zero-order valence-corrected chi connectivity index (χ0v) is 18.3. The Hall–Kier alpha value is -3.06. The Labute approximate surface area is 183 Å². The number of methoxy groups -OCH3 is 2. The van der Waals surface area contributed by atoms with Crippen LogP contribution in [0, 0.1) is 5.92 Å². The lowest BCUT2D eigenvalue weighted by Crippen LogP contribution is -2.29. The number of amides is 1. The van der Waals surface area contributed by atoms with Gasteiger partial charge in [-0.25, -0.2) is 0 Å². The molecule has 2 aromatic carbocycles. The highest BCUT2D eigenvalue weighted by molar-refractivity contribution is 5.88. The van der Waals surface area contributed by atoms with Gasteiger partial charge in [0.1, 0.15) is 23.5 Å². The molecule has 1 unspecified atom stereocenters. The van der Waals surface area contributed by atoms with E-state index in [4.69, 9.17) is 19.3 Å². The summed E-state index contributed by atoms with van der Waals surface area (Å²) in [6.45, 7) is 0.742. The summed E-state index contributed by atoms with van der Waals surface area (Å²) in [5.74, 6) is 2.36. The zero-order valence-electron chi connectivity index (χ0n) is 18.3. The molecule has 0 saturated heterocycles. The Bertz CT molecular complexity index is 810. The second-order valence-electron chi connectivity index (χ2n) is 7.19. The molecule has 31 heavy (non-hydrogen) atoms. The van der Waals surface area contributed by atoms with Crippen LogP contribution in [-0.2, 0) is 9.59 Å². The summed E-state index contributed by atoms with van der Waals surface area (Å²) in [6, 6.07) is 12.7. The minimum Gasteiger partial charge on any atom is -0.497 e. The topological polar surface area (TPSA) is 94.1 Å². The summed E-state index contributed by atoms with van der Waals surface area (Å²) in [5.41, 5.74) is 1.67. The summed E-state index contributed by atoms with van der Waals surface area (Å²) in [4.78, 5) is 22.9. The smallest absolute Gasteiger partial charge is 0.227 e. The van der Waals surface area contributed by atoms with E-state index in [9.17, 15) is 9.59 Å². The third kappa shape index (κ3) is 7.00. The molecule has 0 aliphatic heterocycles. The van der Waals surface area contributed by atoms with Crippen molar-refractivity contribution in [2.45, 2.75) is 31.7 Å². The first-order chi connectivity index (χ1) is 15.1. The molecule has 1 aliphatic rings. The molecule has 0 spiro atoms. The molecule has 1 aliphatic carbocycles. The Morgan fingerprint density at radius 3 is 2.13 bits per heavy atom. The van der Waals surface area contributed by atoms with Gasteiger partial charge in [0.15, 0.2) is 0 Å². The van der Waals surface area contributed by atoms with E-state index < -0.39 is 6.04 Å². The molecule has 0 heterocycles. The predicted molar refractivity (Wildman–Crippen MR) is 118 cm³/mol. The first kappa shape index (κ1) is 24.2. The van der Waals surface area contributed by atoms with E-state index in [1.807, 2.05) is 36.4 Å². The first-order valence-corrected chi connectivity index (χ1v) is 10.3. The molecule has 1 saturated carbocycles. The van der Waals surface area contributed by atoms with Gasteiger partial charge in [0.05, 0.1) is 33.3 Å². The summed E-state index contributed by atoms with van der Waals surface area (Å²) in [5, 5.41) is 9.92. The molecule has 0 bridgehead atoms. The highest BCUT2D eigenvalue weighted by atomic mass is 16.5. The van der Waals surface area contributed by atoms with Gasteiger partial charge in [-0.15, -0.1) is 0 Å². The SMILES string of the molecule is CO.COc1cc(OC)cc(C(NC(=O)CC=O)c2ccc(OCC3CCC3)cc2)c1. The number of hydrogen-bond acceptors (Lipinski definition) is 6. The van der Waals surface area contributed by atoms with E-state index in [2.05, 4.69) is 5.32 Å². The van der Waals surface area contributed by atoms with Crippen LogP contribution >= 0.6 is 0 Å². The van der Waals surface area contributed by atoms with Crippen LogP contribution in [0.2, 0.25) is 0 Å². The number of ether oxygens (including phenoxy) is 3. The Balaban J connectivity index is 0.00000166. The lowest BCUT2D eigenvalue weighted by atomic mass is 9.86. The second-order valence-corrected chi connectivity index (χ2v) is 7.19. The molecule has 1 amide bonds. The van der Waals surface area contributed by atoms with E-state index in [0.29, 0.717) is 23.7 Å². The fraction of sp³-hybridized carbons (Fsp3) is 0.417. The third-order valence-electron chi connectivity index (χ3n) is 5.21. The van der Waals surface area contributed by atoms with E-state index in [1.54, 1.807) is 20.3 Å². The van der Waals surface area contributed by atoms with Gasteiger partial charge in [-0.2, -0.15) is 0 Å². The van der Waals surface area contributed by atoms with Gasteiger partial charge in [-0.1, -0.05) is 18.6 Å². The van der Waals surface area contributed by atoms with E-state index in [1.165, 1.54) is 19.3 Å². The van der Waals surface area contributed by atoms with Crippen molar-refractivity contribution in [1.29, 1.82) is 0 Å². The normalized spacial score (nSPS) is 13.7. The number of hydrogen-bond donors (Lipinski definition) is 2. The van der Waals surface area contributed by atoms with Crippen molar-refractivity contribution in [3.63, 3.8) is 0 Å². The highest BCUT2D eigenvalue weighted by Gasteiger charge is 2.20. The molecule has 3 rings (SSSR count). The van der Waals surface area contributed by atoms with Crippen molar-refractivity contribution >= 4 is 12.2 Å². The fourth-order valence-electron chi connectivity index (χ4n) is 3.28. The zero-order chi connectivity index (χ0) is 22.6. The number of rotatable bonds is 10. The molecule has 168 valence electrons. The van der Waals surface area contributed by atoms with Crippen LogP contribution in [0.25, 0.3) is 0 Å². The van der Waals surface area contributed by atoms with Crippen molar-refractivity contribution < 1.29 is 28.9 Å². The molecule has 2 aromatic rings. The van der Waals surface area contributed by atoms with E-state index in [0.717, 1.165) is 30.6 Å². The summed E-state index contributed by atoms with van der Waals surface area (Å²) in [6.07, 6.45) is 4.16. The average molecular weight is 430 g/mol. The lowest BCUT2D eigenvalue weighted by molar-refractivity contribution is -0.124. The van der Waals surface area contributed by atoms with E-state index >= 15 is 0 Å². The van der Waals surface area contributed by atoms with Gasteiger partial charge in [-0.3, -0.25) is 4.79 Å². The van der Waals surface area contributed by atoms with Crippen LogP contribution in [0.15, 0.2) is 42.5 Å². The number of aliphatic hydroxyl groups excluding tert-OH is 1. The molecule has 7 nitrogen and oxygen atoms in total. The second kappa shape index (κ2) is 12.6. The maximum Gasteiger partial charge on any atom is 0.227 e. The van der Waals surface area contributed by atoms with Gasteiger partial charge < -0.3 is 29.4 Å². The minimum atomic E-state index is -0.452. The first-order valence-electron chi connectivity index (χ1n) is 10.3. The molecule has 1 fully saturated rings. The predicted octanol–water partition coefficient (Wildman–Crippen LogP) is 3.29. The Morgan fingerprint density at radius 2 is 1.65 bits per heavy atom. The average Bonchev–Trinajstić information content (AvgIpc) is 2.78. The van der Waals surface area contributed by atoms with Crippen LogP contribution in [0.4, 0.5) is 0 Å². The maximum absolute atomic E-state index is 12.2. The van der Waals surface area contributed by atoms with Crippen molar-refractivity contribution in [2.75, 3.05) is 27.9 Å². The molecule has 0 aromatic heterocycles. The van der Waals surface area contributed by atoms with Crippen molar-refractivity contribution in [3.8, 4) is 17.2 Å². The largest absolute Gasteiger partial charge is 0.497 e. The van der Waals surface area contributed by atoms with Crippen LogP contribution in [0.1, 0.15) is 42.9 Å². The Kier molecular flexibility index (Phi) is 9.84. The molecular weight excluding hydrogens is 398 g/mol. The van der Waals surface area contributed by atoms with Gasteiger partial charge in [0, 0.05) is 13.2 Å². The summed E-state index contributed by atoms with van der Waals surface area (Å²) < 4.78 is 16.6. The van der Waals surface area contributed by atoms with Crippen LogP contribution in [0.3, 0.4) is 0 Å². The number of carbonyl (C=O) groups is 2. The number of nitrogens with one attached hydrogen (secondary N) is 1. The molecule has 0 radical (unpaired) electrons. The van der Waals surface area contributed by atoms with Crippen molar-refractivity contribution in [1.82, 2.24) is 5.32 Å². The molecule has 7 heteroatoms. The number of aldehydes is 1. The minimum absolute atomic E-state index is 0.194. The maximum atomic E-state index is 12.2. The Morgan fingerprint density at radius 1 is 1.03 bits per heavy atom. The number of aliphatic hydroxyl groups is 1. The summed E-state index contributed by atoms with van der Waals surface area (Å²) >= 11 is 0. The number of benzene rings is 2. The van der Waals surface area contributed by atoms with Gasteiger partial charge in [0.2, 0.25) is 5.91 Å². The van der Waals surface area contributed by atoms with Crippen LogP contribution in [-0.4, -0.2) is 45.2 Å². The highest BCUT2D eigenvalue weighted by Crippen LogP contribution is 2.31. The third-order valence-corrected chi connectivity index (χ3v) is 5.21. The fourth-order valence-corrected chi connectivity index (χ4v) is 3.28. The van der Waals surface area contributed by atoms with Gasteiger partial charge >= 0.3 is 0 Å². The van der Waals surface area contributed by atoms with Gasteiger partial charge in [-0.05, 0) is 54.2 Å². The number of carbonyl (C=O) groups excluding carboxylic acids is 2. The quantitative estimate of drug-likeness (QED) is 0.445.